The maximum Gasteiger partial charge on any atom is 0.530 e. The topological polar surface area (TPSA) is 95.2 Å². The second-order valence-electron chi connectivity index (χ2n) is 11.1. The Morgan fingerprint density at radius 2 is 1.55 bits per heavy atom. The zero-order valence-corrected chi connectivity index (χ0v) is 25.8. The molecule has 3 N–H and O–H groups in total. The number of aryl methyl sites for hydroxylation is 2. The largest absolute Gasteiger partial charge is 0.530 e. The quantitative estimate of drug-likeness (QED) is 0.217. The van der Waals surface area contributed by atoms with Crippen molar-refractivity contribution >= 4 is 13.5 Å². The van der Waals surface area contributed by atoms with Gasteiger partial charge in [0.1, 0.15) is 11.3 Å². The van der Waals surface area contributed by atoms with Crippen molar-refractivity contribution in [3.8, 4) is 5.75 Å². The molecule has 3 aromatic rings. The Balaban J connectivity index is 1.14. The van der Waals surface area contributed by atoms with E-state index in [4.69, 9.17) is 19.3 Å². The molecule has 0 aromatic heterocycles. The summed E-state index contributed by atoms with van der Waals surface area (Å²) in [6, 6.07) is 24.8. The molecule has 0 saturated heterocycles. The normalized spacial score (nSPS) is 18.9. The molecule has 1 spiro atoms. The van der Waals surface area contributed by atoms with Gasteiger partial charge in [0.05, 0.1) is 30.8 Å². The second-order valence-corrected chi connectivity index (χ2v) is 12.7. The van der Waals surface area contributed by atoms with E-state index in [2.05, 4.69) is 47.6 Å². The van der Waals surface area contributed by atoms with Gasteiger partial charge < -0.3 is 15.6 Å². The molecule has 8 heteroatoms. The molecule has 7 nitrogen and oxygen atoms in total. The number of allylic oxidation sites excluding steroid dienone is 5. The lowest BCUT2D eigenvalue weighted by molar-refractivity contribution is 0.143. The van der Waals surface area contributed by atoms with Crippen LogP contribution in [0.3, 0.4) is 0 Å². The number of nitrogens with two attached hydrogens (primary N) is 1. The summed E-state index contributed by atoms with van der Waals surface area (Å²) in [6.45, 7) is 4.30. The second kappa shape index (κ2) is 12.7. The highest BCUT2D eigenvalue weighted by Crippen LogP contribution is 2.51. The number of phosphoric ester groups is 1. The van der Waals surface area contributed by atoms with Crippen molar-refractivity contribution < 1.29 is 18.1 Å². The molecule has 3 aromatic carbocycles. The molecule has 1 atom stereocenters. The predicted molar refractivity (Wildman–Crippen MR) is 175 cm³/mol. The summed E-state index contributed by atoms with van der Waals surface area (Å²) < 4.78 is 31.4. The van der Waals surface area contributed by atoms with Crippen LogP contribution in [-0.4, -0.2) is 11.3 Å². The standard InChI is InChI=1S/C36H36N3O4P/c1-26-10-9-21-36-33(34(37)23-38-35(26)36)20-18-31(39-36)17-15-30-16-19-32(22-27(30)2)43-44(40,41-24-28-11-5-3-6-12-28)42-25-29-13-7-4-8-14-29/h3-14,16,18-23,39H,15,17,24-25,37H2,1-2H3. The Bertz CT molecular complexity index is 1730. The molecule has 6 rings (SSSR count). The minimum atomic E-state index is -3.95. The highest BCUT2D eigenvalue weighted by atomic mass is 31.2. The molecule has 224 valence electrons. The van der Waals surface area contributed by atoms with Crippen molar-refractivity contribution in [3.05, 3.63) is 160 Å². The molecule has 0 saturated carbocycles. The fourth-order valence-electron chi connectivity index (χ4n) is 5.63. The third kappa shape index (κ3) is 6.41. The predicted octanol–water partition coefficient (Wildman–Crippen LogP) is 7.77. The van der Waals surface area contributed by atoms with E-state index in [-0.39, 0.29) is 13.2 Å². The van der Waals surface area contributed by atoms with Gasteiger partial charge >= 0.3 is 7.82 Å². The van der Waals surface area contributed by atoms with Crippen molar-refractivity contribution in [1.29, 1.82) is 0 Å². The molecule has 44 heavy (non-hydrogen) atoms. The zero-order chi connectivity index (χ0) is 30.6. The first-order valence-electron chi connectivity index (χ1n) is 14.7. The molecule has 0 radical (unpaired) electrons. The first-order chi connectivity index (χ1) is 21.3. The zero-order valence-electron chi connectivity index (χ0n) is 24.9. The van der Waals surface area contributed by atoms with E-state index < -0.39 is 13.4 Å². The number of nitrogens with one attached hydrogen (secondary N) is 1. The summed E-state index contributed by atoms with van der Waals surface area (Å²) in [6.07, 6.45) is 13.8. The van der Waals surface area contributed by atoms with Crippen molar-refractivity contribution in [2.75, 3.05) is 0 Å². The van der Waals surface area contributed by atoms with Crippen molar-refractivity contribution in [3.63, 3.8) is 0 Å². The van der Waals surface area contributed by atoms with Crippen LogP contribution in [0.15, 0.2) is 143 Å². The molecule has 3 aliphatic rings. The Labute approximate surface area is 258 Å². The molecule has 2 aliphatic heterocycles. The summed E-state index contributed by atoms with van der Waals surface area (Å²) in [4.78, 5) is 4.68. The molecular formula is C36H36N3O4P. The van der Waals surface area contributed by atoms with Gasteiger partial charge in [0.25, 0.3) is 0 Å². The highest BCUT2D eigenvalue weighted by Gasteiger charge is 2.43. The van der Waals surface area contributed by atoms with Gasteiger partial charge in [-0.25, -0.2) is 4.57 Å². The van der Waals surface area contributed by atoms with Crippen molar-refractivity contribution in [2.45, 2.75) is 45.4 Å². The monoisotopic (exact) mass is 605 g/mol. The maximum absolute atomic E-state index is 13.8. The van der Waals surface area contributed by atoms with Gasteiger partial charge in [0.15, 0.2) is 0 Å². The van der Waals surface area contributed by atoms with Gasteiger partial charge in [-0.2, -0.15) is 0 Å². The number of dihydropyridines is 1. The fourth-order valence-corrected chi connectivity index (χ4v) is 6.79. The van der Waals surface area contributed by atoms with E-state index in [1.807, 2.05) is 85.8 Å². The van der Waals surface area contributed by atoms with Gasteiger partial charge in [-0.15, -0.1) is 0 Å². The first-order valence-corrected chi connectivity index (χ1v) is 16.2. The maximum atomic E-state index is 13.8. The van der Waals surface area contributed by atoms with Gasteiger partial charge in [0, 0.05) is 11.3 Å². The highest BCUT2D eigenvalue weighted by molar-refractivity contribution is 7.48. The molecule has 1 unspecified atom stereocenters. The number of aliphatic imine (C=N–C) groups is 1. The lowest BCUT2D eigenvalue weighted by Gasteiger charge is -2.42. The van der Waals surface area contributed by atoms with Crippen LogP contribution in [0, 0.1) is 6.92 Å². The minimum absolute atomic E-state index is 0.0993. The van der Waals surface area contributed by atoms with Crippen LogP contribution in [0.4, 0.5) is 0 Å². The SMILES string of the molecule is CC1=CC=CC23NC(CCc4ccc(OP(=O)(OCc5ccccc5)OCc5ccccc5)cc4C)=CC=C2C(N)=CN=C13. The van der Waals surface area contributed by atoms with Crippen molar-refractivity contribution in [1.82, 2.24) is 5.32 Å². The summed E-state index contributed by atoms with van der Waals surface area (Å²) in [7, 11) is -3.95. The van der Waals surface area contributed by atoms with Crippen LogP contribution >= 0.6 is 7.82 Å². The molecule has 0 bridgehead atoms. The molecular weight excluding hydrogens is 569 g/mol. The average molecular weight is 606 g/mol. The Morgan fingerprint density at radius 1 is 0.864 bits per heavy atom. The summed E-state index contributed by atoms with van der Waals surface area (Å²) in [5, 5.41) is 3.74. The minimum Gasteiger partial charge on any atom is -0.404 e. The summed E-state index contributed by atoms with van der Waals surface area (Å²) in [5.41, 5.74) is 14.6. The number of hydrogen-bond acceptors (Lipinski definition) is 7. The van der Waals surface area contributed by atoms with E-state index in [1.165, 1.54) is 0 Å². The van der Waals surface area contributed by atoms with E-state index in [1.54, 1.807) is 6.20 Å². The molecule has 0 amide bonds. The van der Waals surface area contributed by atoms with E-state index in [9.17, 15) is 4.57 Å². The van der Waals surface area contributed by atoms with Crippen LogP contribution in [-0.2, 0) is 33.2 Å². The molecule has 2 heterocycles. The average Bonchev–Trinajstić information content (AvgIpc) is 3.03. The van der Waals surface area contributed by atoms with Crippen LogP contribution in [0.1, 0.15) is 35.6 Å². The summed E-state index contributed by atoms with van der Waals surface area (Å²) in [5.74, 6) is 0.428. The van der Waals surface area contributed by atoms with Crippen LogP contribution in [0.25, 0.3) is 0 Å². The van der Waals surface area contributed by atoms with Gasteiger partial charge in [-0.1, -0.05) is 85.0 Å². The van der Waals surface area contributed by atoms with Crippen LogP contribution < -0.4 is 15.6 Å². The van der Waals surface area contributed by atoms with E-state index in [0.29, 0.717) is 11.4 Å². The van der Waals surface area contributed by atoms with E-state index >= 15 is 0 Å². The smallest absolute Gasteiger partial charge is 0.404 e. The number of benzene rings is 3. The number of hydrogen-bond donors (Lipinski definition) is 2. The fraction of sp³-hybridized carbons (Fsp3) is 0.194. The van der Waals surface area contributed by atoms with Crippen LogP contribution in [0.2, 0.25) is 0 Å². The Kier molecular flexibility index (Phi) is 8.53. The van der Waals surface area contributed by atoms with E-state index in [0.717, 1.165) is 57.7 Å². The number of nitrogens with zero attached hydrogens (tertiary/aromatic N) is 1. The first kappa shape index (κ1) is 29.6. The van der Waals surface area contributed by atoms with Gasteiger partial charge in [-0.3, -0.25) is 14.0 Å². The third-order valence-electron chi connectivity index (χ3n) is 7.98. The van der Waals surface area contributed by atoms with Crippen molar-refractivity contribution in [2.24, 2.45) is 10.7 Å². The number of rotatable bonds is 11. The lowest BCUT2D eigenvalue weighted by Crippen LogP contribution is -2.56. The van der Waals surface area contributed by atoms with Gasteiger partial charge in [0.2, 0.25) is 0 Å². The lowest BCUT2D eigenvalue weighted by atomic mass is 9.74. The summed E-state index contributed by atoms with van der Waals surface area (Å²) >= 11 is 0. The Hall–Kier alpha value is -4.42. The third-order valence-corrected chi connectivity index (χ3v) is 9.30. The molecule has 0 fully saturated rings. The Morgan fingerprint density at radius 3 is 2.20 bits per heavy atom. The van der Waals surface area contributed by atoms with Crippen LogP contribution in [0.5, 0.6) is 5.75 Å². The number of phosphoric acid groups is 1. The van der Waals surface area contributed by atoms with Gasteiger partial charge in [-0.05, 0) is 78.8 Å². The molecule has 1 aliphatic carbocycles.